The molecule has 0 radical (unpaired) electrons. The zero-order valence-electron chi connectivity index (χ0n) is 19.4. The number of ether oxygens (including phenoxy) is 2. The van der Waals surface area contributed by atoms with Crippen molar-refractivity contribution in [1.82, 2.24) is 0 Å². The van der Waals surface area contributed by atoms with Crippen LogP contribution in [-0.4, -0.2) is 28.1 Å². The van der Waals surface area contributed by atoms with Crippen molar-refractivity contribution >= 4 is 18.4 Å². The van der Waals surface area contributed by atoms with E-state index in [0.29, 0.717) is 12.5 Å². The Kier molecular flexibility index (Phi) is 8.33. The monoisotopic (exact) mass is 424 g/mol. The Labute approximate surface area is 185 Å². The molecule has 0 aromatic heterocycles. The summed E-state index contributed by atoms with van der Waals surface area (Å²) >= 11 is 0. The van der Waals surface area contributed by atoms with Gasteiger partial charge in [-0.15, -0.1) is 0 Å². The van der Waals surface area contributed by atoms with E-state index in [4.69, 9.17) is 9.47 Å². The fraction of sp³-hybridized carbons (Fsp3) is 0.556. The molecule has 30 heavy (non-hydrogen) atoms. The minimum Gasteiger partial charge on any atom is -0.355 e. The van der Waals surface area contributed by atoms with Gasteiger partial charge in [0.2, 0.25) is 0 Å². The number of benzene rings is 2. The standard InChI is InChI=1S/C27H40O2Si/c1-5-29-26(28-3)27(2,23-15-9-6-10-16-23)21-22-30(4,24-17-11-7-12-18-24)25-19-13-8-14-20-25/h7-8,11-14,17-20,23,26H,5-6,9-10,15-16,21-22H2,1-4H3. The Balaban J connectivity index is 1.93. The van der Waals surface area contributed by atoms with Crippen molar-refractivity contribution < 1.29 is 9.47 Å². The van der Waals surface area contributed by atoms with E-state index in [2.05, 4.69) is 81.1 Å². The summed E-state index contributed by atoms with van der Waals surface area (Å²) < 4.78 is 12.2. The van der Waals surface area contributed by atoms with Gasteiger partial charge < -0.3 is 9.47 Å². The maximum atomic E-state index is 6.18. The third kappa shape index (κ3) is 5.07. The molecular weight excluding hydrogens is 384 g/mol. The summed E-state index contributed by atoms with van der Waals surface area (Å²) in [5, 5.41) is 3.04. The normalized spacial score (nSPS) is 18.7. The fourth-order valence-corrected chi connectivity index (χ4v) is 9.35. The zero-order valence-corrected chi connectivity index (χ0v) is 20.4. The highest BCUT2D eigenvalue weighted by Crippen LogP contribution is 2.46. The van der Waals surface area contributed by atoms with Gasteiger partial charge in [-0.25, -0.2) is 0 Å². The van der Waals surface area contributed by atoms with Crippen LogP contribution in [0.15, 0.2) is 60.7 Å². The average molecular weight is 425 g/mol. The molecule has 3 rings (SSSR count). The van der Waals surface area contributed by atoms with Crippen molar-refractivity contribution in [3.8, 4) is 0 Å². The zero-order chi connectivity index (χ0) is 21.5. The first-order chi connectivity index (χ1) is 14.5. The summed E-state index contributed by atoms with van der Waals surface area (Å²) in [5.74, 6) is 0.674. The molecule has 2 nitrogen and oxygen atoms in total. The van der Waals surface area contributed by atoms with Crippen molar-refractivity contribution in [2.24, 2.45) is 11.3 Å². The van der Waals surface area contributed by atoms with Gasteiger partial charge in [-0.05, 0) is 38.1 Å². The summed E-state index contributed by atoms with van der Waals surface area (Å²) in [6, 6.07) is 23.6. The highest BCUT2D eigenvalue weighted by atomic mass is 28.3. The maximum Gasteiger partial charge on any atom is 0.162 e. The molecule has 0 heterocycles. The molecule has 0 saturated heterocycles. The second kappa shape index (κ2) is 10.7. The van der Waals surface area contributed by atoms with E-state index >= 15 is 0 Å². The predicted octanol–water partition coefficient (Wildman–Crippen LogP) is 5.87. The van der Waals surface area contributed by atoms with Crippen LogP contribution in [0, 0.1) is 11.3 Å². The van der Waals surface area contributed by atoms with Crippen molar-refractivity contribution in [2.45, 2.75) is 71.3 Å². The lowest BCUT2D eigenvalue weighted by Gasteiger charge is -2.46. The number of methoxy groups -OCH3 is 1. The van der Waals surface area contributed by atoms with E-state index in [1.165, 1.54) is 48.5 Å². The molecule has 0 N–H and O–H groups in total. The lowest BCUT2D eigenvalue weighted by Crippen LogP contribution is -2.56. The molecular formula is C27H40O2Si. The second-order valence-corrected chi connectivity index (χ2v) is 13.7. The lowest BCUT2D eigenvalue weighted by atomic mass is 9.68. The van der Waals surface area contributed by atoms with Gasteiger partial charge in [0.1, 0.15) is 8.07 Å². The third-order valence-electron chi connectivity index (χ3n) is 7.59. The van der Waals surface area contributed by atoms with Gasteiger partial charge in [0, 0.05) is 19.1 Å². The van der Waals surface area contributed by atoms with Gasteiger partial charge in [-0.2, -0.15) is 0 Å². The van der Waals surface area contributed by atoms with Crippen molar-refractivity contribution in [3.05, 3.63) is 60.7 Å². The Bertz CT molecular complexity index is 696. The molecule has 0 amide bonds. The van der Waals surface area contributed by atoms with Crippen molar-refractivity contribution in [1.29, 1.82) is 0 Å². The smallest absolute Gasteiger partial charge is 0.162 e. The summed E-state index contributed by atoms with van der Waals surface area (Å²) in [5.41, 5.74) is 0.0446. The molecule has 1 fully saturated rings. The average Bonchev–Trinajstić information content (AvgIpc) is 2.82. The van der Waals surface area contributed by atoms with E-state index in [1.54, 1.807) is 0 Å². The Morgan fingerprint density at radius 1 is 0.933 bits per heavy atom. The highest BCUT2D eigenvalue weighted by molar-refractivity contribution is 7.01. The van der Waals surface area contributed by atoms with Crippen LogP contribution in [0.1, 0.15) is 52.4 Å². The molecule has 2 unspecified atom stereocenters. The largest absolute Gasteiger partial charge is 0.355 e. The molecule has 1 saturated carbocycles. The topological polar surface area (TPSA) is 18.5 Å². The summed E-state index contributed by atoms with van der Waals surface area (Å²) in [4.78, 5) is 0. The Hall–Kier alpha value is -1.42. The minimum absolute atomic E-state index is 0.0446. The van der Waals surface area contributed by atoms with E-state index < -0.39 is 8.07 Å². The van der Waals surface area contributed by atoms with Gasteiger partial charge in [-0.3, -0.25) is 0 Å². The van der Waals surface area contributed by atoms with Gasteiger partial charge >= 0.3 is 0 Å². The molecule has 164 valence electrons. The molecule has 1 aliphatic rings. The molecule has 2 aromatic rings. The quantitative estimate of drug-likeness (QED) is 0.351. The summed E-state index contributed by atoms with van der Waals surface area (Å²) in [6.45, 7) is 7.77. The SMILES string of the molecule is CCOC(OC)C(C)(CC[Si](C)(c1ccccc1)c1ccccc1)C1CCCCC1. The van der Waals surface area contributed by atoms with Crippen LogP contribution in [0.2, 0.25) is 12.6 Å². The molecule has 0 aliphatic heterocycles. The van der Waals surface area contributed by atoms with Gasteiger partial charge in [0.05, 0.1) is 0 Å². The summed E-state index contributed by atoms with van der Waals surface area (Å²) in [6.07, 6.45) is 7.68. The number of rotatable bonds is 10. The van der Waals surface area contributed by atoms with E-state index in [1.807, 2.05) is 7.11 Å². The van der Waals surface area contributed by atoms with Gasteiger partial charge in [0.15, 0.2) is 6.29 Å². The van der Waals surface area contributed by atoms with Crippen LogP contribution < -0.4 is 10.4 Å². The first-order valence-corrected chi connectivity index (χ1v) is 14.5. The van der Waals surface area contributed by atoms with Crippen LogP contribution in [-0.2, 0) is 9.47 Å². The molecule has 2 atom stereocenters. The van der Waals surface area contributed by atoms with Crippen LogP contribution in [0.5, 0.6) is 0 Å². The maximum absolute atomic E-state index is 6.18. The predicted molar refractivity (Wildman–Crippen MR) is 130 cm³/mol. The molecule has 0 bridgehead atoms. The van der Waals surface area contributed by atoms with Gasteiger partial charge in [-0.1, -0.05) is 104 Å². The van der Waals surface area contributed by atoms with E-state index in [-0.39, 0.29) is 11.7 Å². The first kappa shape index (κ1) is 23.2. The third-order valence-corrected chi connectivity index (χ3v) is 12.1. The molecule has 0 spiro atoms. The van der Waals surface area contributed by atoms with Crippen molar-refractivity contribution in [2.75, 3.05) is 13.7 Å². The van der Waals surface area contributed by atoms with Gasteiger partial charge in [0.25, 0.3) is 0 Å². The summed E-state index contributed by atoms with van der Waals surface area (Å²) in [7, 11) is -0.0418. The van der Waals surface area contributed by atoms with E-state index in [9.17, 15) is 0 Å². The van der Waals surface area contributed by atoms with Crippen LogP contribution in [0.3, 0.4) is 0 Å². The Morgan fingerprint density at radius 2 is 1.47 bits per heavy atom. The lowest BCUT2D eigenvalue weighted by molar-refractivity contribution is -0.207. The number of hydrogen-bond donors (Lipinski definition) is 0. The van der Waals surface area contributed by atoms with Crippen LogP contribution in [0.25, 0.3) is 0 Å². The van der Waals surface area contributed by atoms with Crippen LogP contribution in [0.4, 0.5) is 0 Å². The van der Waals surface area contributed by atoms with Crippen molar-refractivity contribution in [3.63, 3.8) is 0 Å². The molecule has 3 heteroatoms. The molecule has 1 aliphatic carbocycles. The first-order valence-electron chi connectivity index (χ1n) is 11.8. The number of hydrogen-bond acceptors (Lipinski definition) is 2. The van der Waals surface area contributed by atoms with Crippen LogP contribution >= 0.6 is 0 Å². The van der Waals surface area contributed by atoms with E-state index in [0.717, 1.165) is 6.42 Å². The highest BCUT2D eigenvalue weighted by Gasteiger charge is 2.45. The fourth-order valence-electron chi connectivity index (χ4n) is 5.54. The minimum atomic E-state index is -1.87. The second-order valence-electron chi connectivity index (χ2n) is 9.43. The Morgan fingerprint density at radius 3 is 1.93 bits per heavy atom. The molecule has 2 aromatic carbocycles.